The SMILES string of the molecule is O=C1CCC(=O)OC2(CNCCc3c2ccc(Cl)c3-n2nccc2-c2ccoc2)O1. The van der Waals surface area contributed by atoms with E-state index in [0.29, 0.717) is 29.2 Å². The van der Waals surface area contributed by atoms with E-state index in [1.807, 2.05) is 12.1 Å². The fourth-order valence-corrected chi connectivity index (χ4v) is 4.25. The van der Waals surface area contributed by atoms with Crippen molar-refractivity contribution in [3.63, 3.8) is 0 Å². The molecule has 2 aliphatic heterocycles. The molecule has 5 rings (SSSR count). The highest BCUT2D eigenvalue weighted by Gasteiger charge is 2.46. The molecule has 8 nitrogen and oxygen atoms in total. The molecule has 2 aromatic heterocycles. The zero-order chi connectivity index (χ0) is 20.7. The van der Waals surface area contributed by atoms with E-state index in [9.17, 15) is 9.59 Å². The minimum atomic E-state index is -1.54. The Bertz CT molecular complexity index is 1100. The van der Waals surface area contributed by atoms with E-state index in [-0.39, 0.29) is 19.4 Å². The number of nitrogens with zero attached hydrogens (tertiary/aromatic N) is 2. The van der Waals surface area contributed by atoms with Gasteiger partial charge in [-0.05, 0) is 42.8 Å². The quantitative estimate of drug-likeness (QED) is 0.628. The second-order valence-electron chi connectivity index (χ2n) is 7.19. The van der Waals surface area contributed by atoms with Gasteiger partial charge in [-0.1, -0.05) is 11.6 Å². The van der Waals surface area contributed by atoms with Gasteiger partial charge in [0.15, 0.2) is 0 Å². The molecule has 1 spiro atoms. The number of hydrogen-bond acceptors (Lipinski definition) is 7. The minimum absolute atomic E-state index is 0.0137. The summed E-state index contributed by atoms with van der Waals surface area (Å²) in [5.74, 6) is -2.51. The van der Waals surface area contributed by atoms with Gasteiger partial charge in [-0.15, -0.1) is 0 Å². The smallest absolute Gasteiger partial charge is 0.309 e. The summed E-state index contributed by atoms with van der Waals surface area (Å²) in [5, 5.41) is 8.17. The number of benzene rings is 1. The number of carbonyl (C=O) groups is 2. The van der Waals surface area contributed by atoms with Crippen molar-refractivity contribution in [2.45, 2.75) is 25.0 Å². The van der Waals surface area contributed by atoms with E-state index >= 15 is 0 Å². The molecule has 0 amide bonds. The van der Waals surface area contributed by atoms with Crippen LogP contribution in [0.2, 0.25) is 5.02 Å². The number of rotatable bonds is 2. The molecule has 4 heterocycles. The van der Waals surface area contributed by atoms with Crippen LogP contribution in [0.15, 0.2) is 47.4 Å². The lowest BCUT2D eigenvalue weighted by Gasteiger charge is -2.32. The number of fused-ring (bicyclic) bond motifs is 2. The van der Waals surface area contributed by atoms with Crippen molar-refractivity contribution < 1.29 is 23.5 Å². The average Bonchev–Trinajstić information content (AvgIpc) is 3.35. The monoisotopic (exact) mass is 427 g/mol. The molecular formula is C21H18ClN3O5. The average molecular weight is 428 g/mol. The highest BCUT2D eigenvalue weighted by atomic mass is 35.5. The summed E-state index contributed by atoms with van der Waals surface area (Å²) in [4.78, 5) is 24.6. The van der Waals surface area contributed by atoms with Gasteiger partial charge in [-0.2, -0.15) is 5.10 Å². The number of aromatic nitrogens is 2. The van der Waals surface area contributed by atoms with Crippen LogP contribution in [0.25, 0.3) is 16.9 Å². The second kappa shape index (κ2) is 7.30. The first-order valence-corrected chi connectivity index (χ1v) is 9.98. The summed E-state index contributed by atoms with van der Waals surface area (Å²) < 4.78 is 18.3. The van der Waals surface area contributed by atoms with Crippen LogP contribution in [0.4, 0.5) is 0 Å². The Balaban J connectivity index is 1.73. The van der Waals surface area contributed by atoms with E-state index < -0.39 is 17.7 Å². The molecule has 1 N–H and O–H groups in total. The Morgan fingerprint density at radius 1 is 1.07 bits per heavy atom. The van der Waals surface area contributed by atoms with Crippen LogP contribution >= 0.6 is 11.6 Å². The molecule has 1 aromatic carbocycles. The van der Waals surface area contributed by atoms with Crippen LogP contribution in [-0.4, -0.2) is 34.8 Å². The van der Waals surface area contributed by atoms with Gasteiger partial charge in [-0.25, -0.2) is 4.68 Å². The standard InChI is InChI=1S/C21H18ClN3O5/c22-16-2-1-15-14(20(16)25-17(6-9-24-25)13-7-10-28-11-13)5-8-23-12-21(15)29-18(26)3-4-19(27)30-21/h1-2,6-7,9-11,23H,3-5,8,12H2. The molecule has 0 saturated carbocycles. The van der Waals surface area contributed by atoms with Crippen molar-refractivity contribution in [2.24, 2.45) is 0 Å². The first-order valence-electron chi connectivity index (χ1n) is 9.61. The summed E-state index contributed by atoms with van der Waals surface area (Å²) in [6.07, 6.45) is 5.44. The molecule has 0 unspecified atom stereocenters. The van der Waals surface area contributed by atoms with Crippen molar-refractivity contribution >= 4 is 23.5 Å². The van der Waals surface area contributed by atoms with Gasteiger partial charge in [-0.3, -0.25) is 9.59 Å². The van der Waals surface area contributed by atoms with Gasteiger partial charge in [0, 0.05) is 11.1 Å². The third-order valence-electron chi connectivity index (χ3n) is 5.32. The Labute approximate surface area is 176 Å². The lowest BCUT2D eigenvalue weighted by molar-refractivity contribution is -0.225. The predicted molar refractivity (Wildman–Crippen MR) is 106 cm³/mol. The zero-order valence-corrected chi connectivity index (χ0v) is 16.6. The Morgan fingerprint density at radius 3 is 2.60 bits per heavy atom. The maximum absolute atomic E-state index is 12.3. The maximum atomic E-state index is 12.3. The van der Waals surface area contributed by atoms with Gasteiger partial charge in [0.2, 0.25) is 0 Å². The summed E-state index contributed by atoms with van der Waals surface area (Å²) in [5.41, 5.74) is 3.66. The van der Waals surface area contributed by atoms with E-state index in [0.717, 1.165) is 16.8 Å². The third-order valence-corrected chi connectivity index (χ3v) is 5.62. The van der Waals surface area contributed by atoms with Crippen LogP contribution in [0.3, 0.4) is 0 Å². The van der Waals surface area contributed by atoms with Gasteiger partial charge in [0.25, 0.3) is 5.79 Å². The minimum Gasteiger partial charge on any atom is -0.472 e. The number of carbonyl (C=O) groups excluding carboxylic acids is 2. The van der Waals surface area contributed by atoms with Gasteiger partial charge >= 0.3 is 11.9 Å². The largest absolute Gasteiger partial charge is 0.472 e. The third kappa shape index (κ3) is 3.09. The number of furan rings is 1. The van der Waals surface area contributed by atoms with E-state index in [1.54, 1.807) is 35.5 Å². The van der Waals surface area contributed by atoms with E-state index in [4.69, 9.17) is 25.5 Å². The first kappa shape index (κ1) is 18.9. The lowest BCUT2D eigenvalue weighted by atomic mass is 9.96. The van der Waals surface area contributed by atoms with Gasteiger partial charge in [0.05, 0.1) is 54.5 Å². The molecule has 0 aliphatic carbocycles. The number of esters is 2. The number of hydrogen-bond donors (Lipinski definition) is 1. The van der Waals surface area contributed by atoms with Crippen LogP contribution in [-0.2, 0) is 31.3 Å². The van der Waals surface area contributed by atoms with Crippen LogP contribution < -0.4 is 5.32 Å². The zero-order valence-electron chi connectivity index (χ0n) is 15.9. The Morgan fingerprint density at radius 2 is 1.87 bits per heavy atom. The summed E-state index contributed by atoms with van der Waals surface area (Å²) in [6, 6.07) is 7.15. The molecule has 154 valence electrons. The Hall–Kier alpha value is -3.10. The van der Waals surface area contributed by atoms with Crippen LogP contribution in [0, 0.1) is 0 Å². The van der Waals surface area contributed by atoms with E-state index in [1.165, 1.54) is 0 Å². The molecular weight excluding hydrogens is 410 g/mol. The van der Waals surface area contributed by atoms with Crippen molar-refractivity contribution in [2.75, 3.05) is 13.1 Å². The number of halogens is 1. The van der Waals surface area contributed by atoms with Crippen molar-refractivity contribution in [3.8, 4) is 16.9 Å². The second-order valence-corrected chi connectivity index (χ2v) is 7.60. The first-order chi connectivity index (χ1) is 14.6. The highest BCUT2D eigenvalue weighted by Crippen LogP contribution is 2.40. The molecule has 1 saturated heterocycles. The number of ether oxygens (including phenoxy) is 2. The number of nitrogens with one attached hydrogen (secondary N) is 1. The molecule has 3 aromatic rings. The summed E-state index contributed by atoms with van der Waals surface area (Å²) >= 11 is 6.64. The van der Waals surface area contributed by atoms with E-state index in [2.05, 4.69) is 10.4 Å². The molecule has 9 heteroatoms. The van der Waals surface area contributed by atoms with Gasteiger partial charge in [0.1, 0.15) is 0 Å². The van der Waals surface area contributed by atoms with Gasteiger partial charge < -0.3 is 19.2 Å². The highest BCUT2D eigenvalue weighted by molar-refractivity contribution is 6.32. The Kier molecular flexibility index (Phi) is 4.60. The van der Waals surface area contributed by atoms with Crippen LogP contribution in [0.1, 0.15) is 24.0 Å². The molecule has 0 bridgehead atoms. The molecule has 1 fully saturated rings. The fraction of sp³-hybridized carbons (Fsp3) is 0.286. The normalized spacial score (nSPS) is 18.3. The van der Waals surface area contributed by atoms with Crippen molar-refractivity contribution in [1.29, 1.82) is 0 Å². The predicted octanol–water partition coefficient (Wildman–Crippen LogP) is 2.96. The molecule has 0 atom stereocenters. The summed E-state index contributed by atoms with van der Waals surface area (Å²) in [7, 11) is 0. The van der Waals surface area contributed by atoms with Crippen molar-refractivity contribution in [3.05, 3.63) is 59.1 Å². The van der Waals surface area contributed by atoms with Crippen molar-refractivity contribution in [1.82, 2.24) is 15.1 Å². The molecule has 2 aliphatic rings. The summed E-state index contributed by atoms with van der Waals surface area (Å²) in [6.45, 7) is 0.742. The maximum Gasteiger partial charge on any atom is 0.309 e. The fourth-order valence-electron chi connectivity index (χ4n) is 4.00. The molecule has 0 radical (unpaired) electrons. The lowest BCUT2D eigenvalue weighted by Crippen LogP contribution is -2.43. The topological polar surface area (TPSA) is 95.6 Å². The van der Waals surface area contributed by atoms with Crippen LogP contribution in [0.5, 0.6) is 0 Å². The molecule has 30 heavy (non-hydrogen) atoms.